The van der Waals surface area contributed by atoms with Crippen LogP contribution in [0.3, 0.4) is 0 Å². The van der Waals surface area contributed by atoms with Gasteiger partial charge in [0, 0.05) is 12.2 Å². The molecule has 0 aliphatic heterocycles. The van der Waals surface area contributed by atoms with Crippen LogP contribution in [0.2, 0.25) is 0 Å². The molecule has 0 aliphatic carbocycles. The maximum absolute atomic E-state index is 12.7. The SMILES string of the molecule is CC(Nc1c[c]ccn1)c1ccc(F)cc1. The highest BCUT2D eigenvalue weighted by Gasteiger charge is 2.05. The van der Waals surface area contributed by atoms with E-state index in [0.29, 0.717) is 0 Å². The van der Waals surface area contributed by atoms with E-state index >= 15 is 0 Å². The molecule has 1 radical (unpaired) electrons. The molecule has 0 saturated carbocycles. The highest BCUT2D eigenvalue weighted by atomic mass is 19.1. The van der Waals surface area contributed by atoms with Gasteiger partial charge in [-0.2, -0.15) is 0 Å². The van der Waals surface area contributed by atoms with Crippen molar-refractivity contribution in [2.75, 3.05) is 5.32 Å². The lowest BCUT2D eigenvalue weighted by Crippen LogP contribution is -2.07. The molecule has 1 unspecified atom stereocenters. The van der Waals surface area contributed by atoms with Crippen LogP contribution < -0.4 is 5.32 Å². The van der Waals surface area contributed by atoms with Gasteiger partial charge in [0.1, 0.15) is 11.6 Å². The summed E-state index contributed by atoms with van der Waals surface area (Å²) >= 11 is 0. The molecule has 0 saturated heterocycles. The fourth-order valence-electron chi connectivity index (χ4n) is 1.46. The Morgan fingerprint density at radius 3 is 2.69 bits per heavy atom. The van der Waals surface area contributed by atoms with E-state index in [2.05, 4.69) is 16.4 Å². The average Bonchev–Trinajstić information content (AvgIpc) is 2.31. The first-order valence-corrected chi connectivity index (χ1v) is 5.10. The summed E-state index contributed by atoms with van der Waals surface area (Å²) in [6.45, 7) is 2.00. The molecule has 1 heterocycles. The molecule has 0 bridgehead atoms. The number of benzene rings is 1. The number of hydrogen-bond donors (Lipinski definition) is 1. The topological polar surface area (TPSA) is 24.9 Å². The van der Waals surface area contributed by atoms with Crippen LogP contribution >= 0.6 is 0 Å². The van der Waals surface area contributed by atoms with Crippen LogP contribution in [0.15, 0.2) is 42.6 Å². The van der Waals surface area contributed by atoms with Crippen LogP contribution in [0, 0.1) is 11.9 Å². The van der Waals surface area contributed by atoms with Crippen molar-refractivity contribution in [2.24, 2.45) is 0 Å². The van der Waals surface area contributed by atoms with E-state index in [0.717, 1.165) is 11.4 Å². The lowest BCUT2D eigenvalue weighted by molar-refractivity contribution is 0.626. The first-order valence-electron chi connectivity index (χ1n) is 5.10. The minimum Gasteiger partial charge on any atom is -0.364 e. The Morgan fingerprint density at radius 1 is 1.31 bits per heavy atom. The Balaban J connectivity index is 2.09. The Labute approximate surface area is 94.2 Å². The Hall–Kier alpha value is -1.90. The zero-order valence-corrected chi connectivity index (χ0v) is 8.94. The molecular weight excluding hydrogens is 203 g/mol. The highest BCUT2D eigenvalue weighted by molar-refractivity contribution is 5.37. The van der Waals surface area contributed by atoms with Gasteiger partial charge in [-0.15, -0.1) is 0 Å². The van der Waals surface area contributed by atoms with Gasteiger partial charge in [0.15, 0.2) is 0 Å². The van der Waals surface area contributed by atoms with E-state index in [1.807, 2.05) is 6.92 Å². The van der Waals surface area contributed by atoms with Gasteiger partial charge >= 0.3 is 0 Å². The molecule has 2 rings (SSSR count). The number of nitrogens with one attached hydrogen (secondary N) is 1. The number of anilines is 1. The predicted octanol–water partition coefficient (Wildman–Crippen LogP) is 3.19. The minimum absolute atomic E-state index is 0.0869. The molecule has 1 atom stereocenters. The van der Waals surface area contributed by atoms with Gasteiger partial charge in [-0.1, -0.05) is 12.1 Å². The van der Waals surface area contributed by atoms with Crippen molar-refractivity contribution in [3.8, 4) is 0 Å². The van der Waals surface area contributed by atoms with Gasteiger partial charge in [-0.3, -0.25) is 0 Å². The normalized spacial score (nSPS) is 12.1. The molecular formula is C13H12FN2. The third kappa shape index (κ3) is 2.57. The number of rotatable bonds is 3. The summed E-state index contributed by atoms with van der Waals surface area (Å²) in [5, 5.41) is 3.21. The minimum atomic E-state index is -0.220. The zero-order valence-electron chi connectivity index (χ0n) is 8.94. The van der Waals surface area contributed by atoms with Crippen LogP contribution in [0.25, 0.3) is 0 Å². The van der Waals surface area contributed by atoms with Gasteiger partial charge in [0.25, 0.3) is 0 Å². The van der Waals surface area contributed by atoms with Crippen molar-refractivity contribution in [3.05, 3.63) is 60.0 Å². The van der Waals surface area contributed by atoms with E-state index in [-0.39, 0.29) is 11.9 Å². The molecule has 0 fully saturated rings. The first-order chi connectivity index (χ1) is 7.75. The summed E-state index contributed by atoms with van der Waals surface area (Å²) in [4.78, 5) is 4.15. The largest absolute Gasteiger partial charge is 0.364 e. The molecule has 1 aromatic heterocycles. The quantitative estimate of drug-likeness (QED) is 0.850. The van der Waals surface area contributed by atoms with Crippen molar-refractivity contribution in [1.29, 1.82) is 0 Å². The monoisotopic (exact) mass is 215 g/mol. The lowest BCUT2D eigenvalue weighted by Gasteiger charge is -2.14. The second kappa shape index (κ2) is 4.75. The maximum Gasteiger partial charge on any atom is 0.126 e. The maximum atomic E-state index is 12.7. The van der Waals surface area contributed by atoms with Crippen molar-refractivity contribution < 1.29 is 4.39 Å². The third-order valence-corrected chi connectivity index (χ3v) is 2.34. The predicted molar refractivity (Wildman–Crippen MR) is 61.5 cm³/mol. The van der Waals surface area contributed by atoms with Crippen LogP contribution in [-0.2, 0) is 0 Å². The fraction of sp³-hybridized carbons (Fsp3) is 0.154. The summed E-state index contributed by atoms with van der Waals surface area (Å²) < 4.78 is 12.7. The van der Waals surface area contributed by atoms with Gasteiger partial charge in [-0.25, -0.2) is 9.37 Å². The number of aromatic nitrogens is 1. The Morgan fingerprint density at radius 2 is 2.06 bits per heavy atom. The molecule has 2 nitrogen and oxygen atoms in total. The summed E-state index contributed by atoms with van der Waals surface area (Å²) in [6.07, 6.45) is 1.68. The van der Waals surface area contributed by atoms with Crippen LogP contribution in [0.1, 0.15) is 18.5 Å². The van der Waals surface area contributed by atoms with Crippen LogP contribution in [0.5, 0.6) is 0 Å². The van der Waals surface area contributed by atoms with E-state index < -0.39 is 0 Å². The van der Waals surface area contributed by atoms with Gasteiger partial charge < -0.3 is 5.32 Å². The van der Waals surface area contributed by atoms with Crippen molar-refractivity contribution in [1.82, 2.24) is 4.98 Å². The van der Waals surface area contributed by atoms with Gasteiger partial charge in [-0.05, 0) is 42.8 Å². The molecule has 3 heteroatoms. The molecule has 81 valence electrons. The molecule has 0 amide bonds. The van der Waals surface area contributed by atoms with Crippen molar-refractivity contribution >= 4 is 5.82 Å². The smallest absolute Gasteiger partial charge is 0.126 e. The summed E-state index contributed by atoms with van der Waals surface area (Å²) in [7, 11) is 0. The molecule has 16 heavy (non-hydrogen) atoms. The summed E-state index contributed by atoms with van der Waals surface area (Å²) in [6, 6.07) is 13.0. The van der Waals surface area contributed by atoms with E-state index in [9.17, 15) is 4.39 Å². The fourth-order valence-corrected chi connectivity index (χ4v) is 1.46. The van der Waals surface area contributed by atoms with Crippen molar-refractivity contribution in [3.63, 3.8) is 0 Å². The standard InChI is InChI=1S/C13H12FN2/c1-10(11-5-7-12(14)8-6-11)16-13-4-2-3-9-15-13/h3-10H,1H3,(H,15,16). The van der Waals surface area contributed by atoms with Crippen LogP contribution in [0.4, 0.5) is 10.2 Å². The van der Waals surface area contributed by atoms with E-state index in [1.165, 1.54) is 12.1 Å². The average molecular weight is 215 g/mol. The second-order valence-corrected chi connectivity index (χ2v) is 3.56. The molecule has 0 aliphatic rings. The van der Waals surface area contributed by atoms with Crippen LogP contribution in [-0.4, -0.2) is 4.98 Å². The molecule has 0 spiro atoms. The van der Waals surface area contributed by atoms with E-state index in [4.69, 9.17) is 0 Å². The highest BCUT2D eigenvalue weighted by Crippen LogP contribution is 2.17. The van der Waals surface area contributed by atoms with Gasteiger partial charge in [0.2, 0.25) is 0 Å². The Kier molecular flexibility index (Phi) is 3.15. The summed E-state index contributed by atoms with van der Waals surface area (Å²) in [5.41, 5.74) is 1.02. The second-order valence-electron chi connectivity index (χ2n) is 3.56. The molecule has 1 N–H and O–H groups in total. The Bertz CT molecular complexity index is 439. The van der Waals surface area contributed by atoms with Gasteiger partial charge in [0.05, 0.1) is 0 Å². The molecule has 2 aromatic rings. The molecule has 1 aromatic carbocycles. The number of nitrogens with zero attached hydrogens (tertiary/aromatic N) is 1. The lowest BCUT2D eigenvalue weighted by atomic mass is 10.1. The third-order valence-electron chi connectivity index (χ3n) is 2.34. The zero-order chi connectivity index (χ0) is 11.4. The number of hydrogen-bond acceptors (Lipinski definition) is 2. The number of pyridine rings is 1. The van der Waals surface area contributed by atoms with Crippen molar-refractivity contribution in [2.45, 2.75) is 13.0 Å². The van der Waals surface area contributed by atoms with E-state index in [1.54, 1.807) is 30.5 Å². The number of halogens is 1. The summed E-state index contributed by atoms with van der Waals surface area (Å²) in [5.74, 6) is 0.543. The first kappa shape index (κ1) is 10.6.